The third-order valence-electron chi connectivity index (χ3n) is 1.98. The molecule has 1 amide bonds. The summed E-state index contributed by atoms with van der Waals surface area (Å²) >= 11 is 1.06. The molecule has 0 aromatic rings. The molecule has 0 saturated heterocycles. The number of carbonyl (C=O) groups excluding carboxylic acids is 2. The van der Waals surface area contributed by atoms with E-state index in [9.17, 15) is 14.4 Å². The van der Waals surface area contributed by atoms with Gasteiger partial charge in [-0.25, -0.2) is 0 Å². The van der Waals surface area contributed by atoms with Gasteiger partial charge in [-0.3, -0.25) is 14.4 Å². The van der Waals surface area contributed by atoms with Crippen molar-refractivity contribution in [2.45, 2.75) is 12.8 Å². The van der Waals surface area contributed by atoms with Crippen LogP contribution in [0.3, 0.4) is 0 Å². The van der Waals surface area contributed by atoms with E-state index in [-0.39, 0.29) is 29.8 Å². The van der Waals surface area contributed by atoms with Gasteiger partial charge in [0, 0.05) is 20.0 Å². The van der Waals surface area contributed by atoms with Crippen molar-refractivity contribution in [3.63, 3.8) is 0 Å². The van der Waals surface area contributed by atoms with E-state index in [1.165, 1.54) is 12.0 Å². The van der Waals surface area contributed by atoms with Crippen LogP contribution in [0.2, 0.25) is 0 Å². The average Bonchev–Trinajstić information content (AvgIpc) is 2.27. The van der Waals surface area contributed by atoms with Crippen LogP contribution in [-0.2, 0) is 19.1 Å². The third-order valence-corrected chi connectivity index (χ3v) is 2.88. The highest BCUT2D eigenvalue weighted by Crippen LogP contribution is 2.03. The van der Waals surface area contributed by atoms with Gasteiger partial charge in [0.2, 0.25) is 5.91 Å². The number of thioether (sulfide) groups is 1. The molecular formula is C10H17NO5S. The van der Waals surface area contributed by atoms with Crippen LogP contribution < -0.4 is 0 Å². The standard InChI is InChI=1S/C10H17NO5S/c1-11(5-3-4-10(15)16-2)8(12)6-17-7-9(13)14/h3-7H2,1-2H3,(H,13,14). The number of rotatable bonds is 8. The molecule has 17 heavy (non-hydrogen) atoms. The second-order valence-electron chi connectivity index (χ2n) is 3.38. The van der Waals surface area contributed by atoms with Crippen LogP contribution in [0, 0.1) is 0 Å². The molecule has 0 radical (unpaired) electrons. The Morgan fingerprint density at radius 1 is 1.29 bits per heavy atom. The molecule has 0 atom stereocenters. The van der Waals surface area contributed by atoms with Crippen LogP contribution in [0.5, 0.6) is 0 Å². The van der Waals surface area contributed by atoms with E-state index >= 15 is 0 Å². The summed E-state index contributed by atoms with van der Waals surface area (Å²) in [7, 11) is 2.95. The summed E-state index contributed by atoms with van der Waals surface area (Å²) in [6, 6.07) is 0. The summed E-state index contributed by atoms with van der Waals surface area (Å²) in [4.78, 5) is 34.0. The van der Waals surface area contributed by atoms with Gasteiger partial charge in [-0.05, 0) is 6.42 Å². The molecule has 0 aromatic heterocycles. The Labute approximate surface area is 104 Å². The Bertz CT molecular complexity index is 282. The van der Waals surface area contributed by atoms with Gasteiger partial charge in [-0.15, -0.1) is 11.8 Å². The van der Waals surface area contributed by atoms with Gasteiger partial charge in [-0.1, -0.05) is 0 Å². The van der Waals surface area contributed by atoms with Gasteiger partial charge in [0.1, 0.15) is 0 Å². The Hall–Kier alpha value is -1.24. The van der Waals surface area contributed by atoms with Crippen LogP contribution in [0.25, 0.3) is 0 Å². The van der Waals surface area contributed by atoms with E-state index in [2.05, 4.69) is 4.74 Å². The summed E-state index contributed by atoms with van der Waals surface area (Å²) in [5.74, 6) is -1.31. The molecule has 0 spiro atoms. The molecule has 0 rings (SSSR count). The second kappa shape index (κ2) is 8.86. The van der Waals surface area contributed by atoms with Crippen LogP contribution in [0.15, 0.2) is 0 Å². The topological polar surface area (TPSA) is 83.9 Å². The fraction of sp³-hybridized carbons (Fsp3) is 0.700. The lowest BCUT2D eigenvalue weighted by Crippen LogP contribution is -2.30. The highest BCUT2D eigenvalue weighted by molar-refractivity contribution is 8.00. The molecule has 98 valence electrons. The lowest BCUT2D eigenvalue weighted by atomic mass is 10.3. The zero-order chi connectivity index (χ0) is 13.3. The Morgan fingerprint density at radius 2 is 1.94 bits per heavy atom. The predicted molar refractivity (Wildman–Crippen MR) is 63.8 cm³/mol. The highest BCUT2D eigenvalue weighted by Gasteiger charge is 2.10. The second-order valence-corrected chi connectivity index (χ2v) is 4.37. The van der Waals surface area contributed by atoms with Crippen LogP contribution in [-0.4, -0.2) is 60.1 Å². The van der Waals surface area contributed by atoms with Crippen molar-refractivity contribution in [1.29, 1.82) is 0 Å². The van der Waals surface area contributed by atoms with Crippen molar-refractivity contribution in [1.82, 2.24) is 4.90 Å². The Morgan fingerprint density at radius 3 is 2.47 bits per heavy atom. The molecular weight excluding hydrogens is 246 g/mol. The maximum absolute atomic E-state index is 11.5. The number of aliphatic carboxylic acids is 1. The van der Waals surface area contributed by atoms with E-state index in [4.69, 9.17) is 5.11 Å². The highest BCUT2D eigenvalue weighted by atomic mass is 32.2. The van der Waals surface area contributed by atoms with Gasteiger partial charge in [-0.2, -0.15) is 0 Å². The molecule has 0 fully saturated rings. The number of carbonyl (C=O) groups is 3. The number of hydrogen-bond acceptors (Lipinski definition) is 5. The zero-order valence-electron chi connectivity index (χ0n) is 9.97. The van der Waals surface area contributed by atoms with E-state index in [0.29, 0.717) is 13.0 Å². The molecule has 0 aliphatic rings. The SMILES string of the molecule is COC(=O)CCCN(C)C(=O)CSCC(=O)O. The molecule has 0 aliphatic heterocycles. The molecule has 0 saturated carbocycles. The number of hydrogen-bond donors (Lipinski definition) is 1. The van der Waals surface area contributed by atoms with Crippen molar-refractivity contribution >= 4 is 29.6 Å². The monoisotopic (exact) mass is 263 g/mol. The molecule has 0 aromatic carbocycles. The number of nitrogens with zero attached hydrogens (tertiary/aromatic N) is 1. The smallest absolute Gasteiger partial charge is 0.313 e. The summed E-state index contributed by atoms with van der Waals surface area (Å²) in [6.45, 7) is 0.460. The van der Waals surface area contributed by atoms with Crippen LogP contribution >= 0.6 is 11.8 Å². The van der Waals surface area contributed by atoms with Crippen molar-refractivity contribution in [2.24, 2.45) is 0 Å². The van der Waals surface area contributed by atoms with Crippen molar-refractivity contribution in [3.05, 3.63) is 0 Å². The number of ether oxygens (including phenoxy) is 1. The van der Waals surface area contributed by atoms with Gasteiger partial charge in [0.25, 0.3) is 0 Å². The van der Waals surface area contributed by atoms with Crippen molar-refractivity contribution < 1.29 is 24.2 Å². The molecule has 0 aliphatic carbocycles. The first kappa shape index (κ1) is 15.8. The first-order valence-corrected chi connectivity index (χ1v) is 6.23. The minimum atomic E-state index is -0.934. The maximum Gasteiger partial charge on any atom is 0.313 e. The molecule has 6 nitrogen and oxygen atoms in total. The minimum absolute atomic E-state index is 0.0816. The molecule has 1 N–H and O–H groups in total. The van der Waals surface area contributed by atoms with Crippen LogP contribution in [0.1, 0.15) is 12.8 Å². The Balaban J connectivity index is 3.67. The summed E-state index contributed by atoms with van der Waals surface area (Å²) in [5.41, 5.74) is 0. The molecule has 7 heteroatoms. The maximum atomic E-state index is 11.5. The van der Waals surface area contributed by atoms with E-state index in [1.54, 1.807) is 7.05 Å². The largest absolute Gasteiger partial charge is 0.481 e. The number of amides is 1. The quantitative estimate of drug-likeness (QED) is 0.630. The van der Waals surface area contributed by atoms with Crippen molar-refractivity contribution in [3.8, 4) is 0 Å². The summed E-state index contributed by atoms with van der Waals surface area (Å²) < 4.78 is 4.47. The lowest BCUT2D eigenvalue weighted by molar-refractivity contribution is -0.141. The van der Waals surface area contributed by atoms with E-state index in [1.807, 2.05) is 0 Å². The normalized spacial score (nSPS) is 9.76. The molecule has 0 heterocycles. The zero-order valence-corrected chi connectivity index (χ0v) is 10.8. The number of carboxylic acid groups (broad SMARTS) is 1. The third kappa shape index (κ3) is 8.56. The fourth-order valence-electron chi connectivity index (χ4n) is 1.02. The van der Waals surface area contributed by atoms with Crippen molar-refractivity contribution in [2.75, 3.05) is 32.2 Å². The predicted octanol–water partition coefficient (Wildman–Crippen LogP) is 0.216. The Kier molecular flexibility index (Phi) is 8.21. The van der Waals surface area contributed by atoms with Gasteiger partial charge >= 0.3 is 11.9 Å². The van der Waals surface area contributed by atoms with Gasteiger partial charge in [0.15, 0.2) is 0 Å². The van der Waals surface area contributed by atoms with Crippen LogP contribution in [0.4, 0.5) is 0 Å². The fourth-order valence-corrected chi connectivity index (χ4v) is 1.69. The first-order chi connectivity index (χ1) is 7.97. The van der Waals surface area contributed by atoms with E-state index in [0.717, 1.165) is 11.8 Å². The van der Waals surface area contributed by atoms with E-state index < -0.39 is 5.97 Å². The lowest BCUT2D eigenvalue weighted by Gasteiger charge is -2.16. The number of esters is 1. The molecule has 0 unspecified atom stereocenters. The first-order valence-electron chi connectivity index (χ1n) is 5.07. The number of methoxy groups -OCH3 is 1. The minimum Gasteiger partial charge on any atom is -0.481 e. The average molecular weight is 263 g/mol. The summed E-state index contributed by atoms with van der Waals surface area (Å²) in [6.07, 6.45) is 0.814. The van der Waals surface area contributed by atoms with Gasteiger partial charge in [0.05, 0.1) is 18.6 Å². The molecule has 0 bridgehead atoms. The van der Waals surface area contributed by atoms with Gasteiger partial charge < -0.3 is 14.7 Å². The number of carboxylic acids is 1. The summed E-state index contributed by atoms with van der Waals surface area (Å²) in [5, 5.41) is 8.40.